The van der Waals surface area contributed by atoms with E-state index in [1.54, 1.807) is 12.1 Å². The first-order valence-electron chi connectivity index (χ1n) is 6.72. The van der Waals surface area contributed by atoms with E-state index in [1.807, 2.05) is 24.3 Å². The Hall–Kier alpha value is -1.79. The fraction of sp³-hybridized carbons (Fsp3) is 0.353. The lowest BCUT2D eigenvalue weighted by atomic mass is 10.1. The van der Waals surface area contributed by atoms with Gasteiger partial charge in [0.15, 0.2) is 0 Å². The smallest absolute Gasteiger partial charge is 0.250 e. The Morgan fingerprint density at radius 1 is 1.25 bits per heavy atom. The first-order chi connectivity index (χ1) is 9.15. The van der Waals surface area contributed by atoms with E-state index in [-0.39, 0.29) is 5.04 Å². The van der Waals surface area contributed by atoms with E-state index in [2.05, 4.69) is 46.5 Å². The maximum absolute atomic E-state index is 8.75. The first-order valence-corrected chi connectivity index (χ1v) is 9.63. The molecule has 0 spiro atoms. The fourth-order valence-corrected chi connectivity index (χ4v) is 2.40. The molecule has 1 rings (SSSR count). The summed E-state index contributed by atoms with van der Waals surface area (Å²) in [5.41, 5.74) is 1.70. The van der Waals surface area contributed by atoms with Crippen LogP contribution in [-0.2, 0) is 4.43 Å². The maximum Gasteiger partial charge on any atom is 0.250 e. The molecule has 20 heavy (non-hydrogen) atoms. The molecule has 0 aromatic heterocycles. The number of nitrogens with zero attached hydrogens (tertiary/aromatic N) is 1. The predicted octanol–water partition coefficient (Wildman–Crippen LogP) is 5.11. The molecule has 2 nitrogen and oxygen atoms in total. The number of rotatable bonds is 4. The summed E-state index contributed by atoms with van der Waals surface area (Å²) in [7, 11) is -1.81. The molecule has 0 radical (unpaired) electrons. The van der Waals surface area contributed by atoms with Crippen LogP contribution >= 0.6 is 0 Å². The van der Waals surface area contributed by atoms with Gasteiger partial charge in [0.05, 0.1) is 17.4 Å². The van der Waals surface area contributed by atoms with Gasteiger partial charge in [-0.3, -0.25) is 0 Å². The van der Waals surface area contributed by atoms with Gasteiger partial charge in [-0.15, -0.1) is 0 Å². The van der Waals surface area contributed by atoms with Gasteiger partial charge in [-0.05, 0) is 41.9 Å². The Balaban J connectivity index is 2.71. The van der Waals surface area contributed by atoms with E-state index in [0.717, 1.165) is 5.56 Å². The third kappa shape index (κ3) is 4.39. The van der Waals surface area contributed by atoms with Crippen LogP contribution in [0.25, 0.3) is 6.08 Å². The van der Waals surface area contributed by atoms with Crippen LogP contribution in [0.15, 0.2) is 42.7 Å². The van der Waals surface area contributed by atoms with E-state index >= 15 is 0 Å². The van der Waals surface area contributed by atoms with Gasteiger partial charge in [-0.1, -0.05) is 45.6 Å². The molecule has 0 aliphatic heterocycles. The number of hydrogen-bond donors (Lipinski definition) is 0. The van der Waals surface area contributed by atoms with Crippen LogP contribution in [0, 0.1) is 11.3 Å². The quantitative estimate of drug-likeness (QED) is 0.437. The minimum absolute atomic E-state index is 0.165. The highest BCUT2D eigenvalue weighted by Gasteiger charge is 2.38. The lowest BCUT2D eigenvalue weighted by Gasteiger charge is -2.36. The molecule has 0 aliphatic carbocycles. The molecule has 0 heterocycles. The van der Waals surface area contributed by atoms with Crippen molar-refractivity contribution in [3.63, 3.8) is 0 Å². The van der Waals surface area contributed by atoms with Crippen LogP contribution in [0.2, 0.25) is 18.1 Å². The molecule has 0 saturated heterocycles. The summed E-state index contributed by atoms with van der Waals surface area (Å²) in [5.74, 6) is 0.695. The van der Waals surface area contributed by atoms with Crippen LogP contribution in [0.4, 0.5) is 0 Å². The molecular formula is C17H23NOSi. The van der Waals surface area contributed by atoms with Crippen LogP contribution in [-0.4, -0.2) is 8.32 Å². The zero-order chi connectivity index (χ0) is 15.4. The van der Waals surface area contributed by atoms with Crippen molar-refractivity contribution < 1.29 is 4.43 Å². The topological polar surface area (TPSA) is 33.0 Å². The number of allylic oxidation sites excluding steroid dienone is 1. The maximum atomic E-state index is 8.75. The molecule has 3 heteroatoms. The van der Waals surface area contributed by atoms with E-state index in [1.165, 1.54) is 0 Å². The molecule has 0 aliphatic rings. The summed E-state index contributed by atoms with van der Waals surface area (Å²) in [5, 5.41) is 8.92. The van der Waals surface area contributed by atoms with E-state index < -0.39 is 8.32 Å². The van der Waals surface area contributed by atoms with E-state index in [0.29, 0.717) is 11.3 Å². The van der Waals surface area contributed by atoms with Crippen molar-refractivity contribution in [2.75, 3.05) is 0 Å². The normalized spacial score (nSPS) is 12.2. The standard InChI is InChI=1S/C17H23NOSi/c1-14(19-20(5,6)17(2,3)4)7-8-15-9-11-16(13-18)12-10-15/h7-12H,1H2,2-6H3/b8-7+. The first kappa shape index (κ1) is 16.3. The van der Waals surface area contributed by atoms with Gasteiger partial charge in [0.25, 0.3) is 0 Å². The van der Waals surface area contributed by atoms with Crippen molar-refractivity contribution in [1.82, 2.24) is 0 Å². The third-order valence-corrected chi connectivity index (χ3v) is 8.08. The van der Waals surface area contributed by atoms with Crippen molar-refractivity contribution in [3.8, 4) is 6.07 Å². The second-order valence-electron chi connectivity index (χ2n) is 6.40. The SMILES string of the molecule is C=C(/C=C/c1ccc(C#N)cc1)O[Si](C)(C)C(C)(C)C. The average Bonchev–Trinajstić information content (AvgIpc) is 2.35. The van der Waals surface area contributed by atoms with Crippen LogP contribution in [0.3, 0.4) is 0 Å². The van der Waals surface area contributed by atoms with Gasteiger partial charge < -0.3 is 4.43 Å². The minimum Gasteiger partial charge on any atom is -0.544 e. The van der Waals surface area contributed by atoms with Gasteiger partial charge in [-0.25, -0.2) is 0 Å². The van der Waals surface area contributed by atoms with E-state index in [9.17, 15) is 0 Å². The Kier molecular flexibility index (Phi) is 4.96. The second-order valence-corrected chi connectivity index (χ2v) is 11.1. The molecule has 1 aromatic carbocycles. The Labute approximate surface area is 123 Å². The number of nitriles is 1. The number of benzene rings is 1. The summed E-state index contributed by atoms with van der Waals surface area (Å²) in [4.78, 5) is 0. The fourth-order valence-electron chi connectivity index (χ4n) is 1.37. The van der Waals surface area contributed by atoms with Crippen LogP contribution in [0.1, 0.15) is 31.9 Å². The molecule has 0 N–H and O–H groups in total. The molecule has 0 amide bonds. The molecule has 0 unspecified atom stereocenters. The van der Waals surface area contributed by atoms with Crippen molar-refractivity contribution in [2.45, 2.75) is 38.9 Å². The van der Waals surface area contributed by atoms with Crippen molar-refractivity contribution in [2.24, 2.45) is 0 Å². The Bertz CT molecular complexity index is 542. The van der Waals surface area contributed by atoms with Crippen molar-refractivity contribution >= 4 is 14.4 Å². The van der Waals surface area contributed by atoms with Gasteiger partial charge in [0.1, 0.15) is 0 Å². The van der Waals surface area contributed by atoms with Gasteiger partial charge in [-0.2, -0.15) is 5.26 Å². The molecule has 106 valence electrons. The molecule has 0 bridgehead atoms. The second kappa shape index (κ2) is 6.11. The summed E-state index contributed by atoms with van der Waals surface area (Å²) in [6, 6.07) is 9.53. The molecule has 1 aromatic rings. The van der Waals surface area contributed by atoms with Crippen molar-refractivity contribution in [1.29, 1.82) is 5.26 Å². The lowest BCUT2D eigenvalue weighted by molar-refractivity contribution is 0.402. The average molecular weight is 285 g/mol. The van der Waals surface area contributed by atoms with Crippen LogP contribution in [0.5, 0.6) is 0 Å². The Morgan fingerprint density at radius 2 is 1.80 bits per heavy atom. The molecule has 0 saturated carbocycles. The third-order valence-electron chi connectivity index (χ3n) is 3.69. The molecular weight excluding hydrogens is 262 g/mol. The number of hydrogen-bond acceptors (Lipinski definition) is 2. The Morgan fingerprint density at radius 3 is 2.25 bits per heavy atom. The minimum atomic E-state index is -1.81. The van der Waals surface area contributed by atoms with Crippen molar-refractivity contribution in [3.05, 3.63) is 53.8 Å². The van der Waals surface area contributed by atoms with E-state index in [4.69, 9.17) is 9.69 Å². The van der Waals surface area contributed by atoms with Gasteiger partial charge >= 0.3 is 0 Å². The highest BCUT2D eigenvalue weighted by molar-refractivity contribution is 6.74. The zero-order valence-corrected chi connectivity index (χ0v) is 14.0. The summed E-state index contributed by atoms with van der Waals surface area (Å²) in [6.07, 6.45) is 3.85. The summed E-state index contributed by atoms with van der Waals surface area (Å²) >= 11 is 0. The molecule has 0 atom stereocenters. The van der Waals surface area contributed by atoms with Gasteiger partial charge in [0, 0.05) is 0 Å². The molecule has 0 fully saturated rings. The summed E-state index contributed by atoms with van der Waals surface area (Å²) < 4.78 is 6.07. The highest BCUT2D eigenvalue weighted by Crippen LogP contribution is 2.37. The zero-order valence-electron chi connectivity index (χ0n) is 13.0. The van der Waals surface area contributed by atoms with Gasteiger partial charge in [0.2, 0.25) is 8.32 Å². The largest absolute Gasteiger partial charge is 0.544 e. The monoisotopic (exact) mass is 285 g/mol. The lowest BCUT2D eigenvalue weighted by Crippen LogP contribution is -2.40. The summed E-state index contributed by atoms with van der Waals surface area (Å²) in [6.45, 7) is 15.0. The highest BCUT2D eigenvalue weighted by atomic mass is 28.4. The predicted molar refractivity (Wildman–Crippen MR) is 87.6 cm³/mol. The van der Waals surface area contributed by atoms with Crippen LogP contribution < -0.4 is 0 Å².